The summed E-state index contributed by atoms with van der Waals surface area (Å²) in [4.78, 5) is 0.266. The highest BCUT2D eigenvalue weighted by Gasteiger charge is 2.22. The Labute approximate surface area is 111 Å². The predicted molar refractivity (Wildman–Crippen MR) is 73.9 cm³/mol. The van der Waals surface area contributed by atoms with Crippen molar-refractivity contribution < 1.29 is 8.42 Å². The molecule has 0 spiro atoms. The average molecular weight is 268 g/mol. The molecule has 1 aromatic carbocycles. The van der Waals surface area contributed by atoms with Gasteiger partial charge in [0, 0.05) is 19.2 Å². The van der Waals surface area contributed by atoms with Crippen LogP contribution in [0.1, 0.15) is 39.5 Å². The van der Waals surface area contributed by atoms with Crippen molar-refractivity contribution in [3.05, 3.63) is 30.3 Å². The molecule has 0 N–H and O–H groups in total. The number of rotatable bonds is 8. The summed E-state index contributed by atoms with van der Waals surface area (Å²) in [5.41, 5.74) is 0. The van der Waals surface area contributed by atoms with Crippen LogP contribution >= 0.6 is 0 Å². The molecule has 0 amide bonds. The first-order chi connectivity index (χ1) is 8.62. The van der Waals surface area contributed by atoms with E-state index in [0.29, 0.717) is 13.1 Å². The molecule has 0 saturated heterocycles. The molecule has 0 heterocycles. The van der Waals surface area contributed by atoms with E-state index in [-0.39, 0.29) is 4.90 Å². The average Bonchev–Trinajstić information content (AvgIpc) is 2.39. The molecule has 0 bridgehead atoms. The van der Waals surface area contributed by atoms with Crippen LogP contribution in [0.15, 0.2) is 29.2 Å². The van der Waals surface area contributed by atoms with Gasteiger partial charge in [0.15, 0.2) is 0 Å². The molecule has 101 valence electrons. The summed E-state index contributed by atoms with van der Waals surface area (Å²) >= 11 is 0. The summed E-state index contributed by atoms with van der Waals surface area (Å²) in [6.45, 7) is 5.13. The summed E-state index contributed by atoms with van der Waals surface area (Å²) in [6, 6.07) is 9.54. The Bertz CT molecular complexity index is 428. The molecule has 0 aliphatic heterocycles. The molecule has 1 radical (unpaired) electrons. The van der Waals surface area contributed by atoms with E-state index in [9.17, 15) is 8.42 Å². The molecule has 1 aromatic rings. The van der Waals surface area contributed by atoms with Crippen LogP contribution in [-0.2, 0) is 10.0 Å². The highest BCUT2D eigenvalue weighted by atomic mass is 32.2. The quantitative estimate of drug-likeness (QED) is 0.679. The van der Waals surface area contributed by atoms with E-state index in [1.54, 1.807) is 24.3 Å². The number of sulfonamides is 1. The lowest BCUT2D eigenvalue weighted by atomic mass is 10.2. The maximum atomic E-state index is 12.3. The van der Waals surface area contributed by atoms with Crippen LogP contribution in [0, 0.1) is 6.07 Å². The lowest BCUT2D eigenvalue weighted by molar-refractivity contribution is 0.412. The van der Waals surface area contributed by atoms with Gasteiger partial charge in [-0.05, 0) is 12.5 Å². The Morgan fingerprint density at radius 3 is 2.50 bits per heavy atom. The van der Waals surface area contributed by atoms with Gasteiger partial charge in [0.1, 0.15) is 0 Å². The Hall–Kier alpha value is -0.870. The molecule has 4 heteroatoms. The fourth-order valence-electron chi connectivity index (χ4n) is 1.84. The number of hydrogen-bond acceptors (Lipinski definition) is 2. The topological polar surface area (TPSA) is 37.4 Å². The predicted octanol–water partition coefficient (Wildman–Crippen LogP) is 3.08. The first-order valence-corrected chi connectivity index (χ1v) is 8.03. The third-order valence-corrected chi connectivity index (χ3v) is 4.84. The highest BCUT2D eigenvalue weighted by Crippen LogP contribution is 2.15. The van der Waals surface area contributed by atoms with Crippen LogP contribution < -0.4 is 0 Å². The van der Waals surface area contributed by atoms with E-state index < -0.39 is 10.0 Å². The van der Waals surface area contributed by atoms with E-state index in [0.717, 1.165) is 25.7 Å². The normalized spacial score (nSPS) is 11.9. The van der Waals surface area contributed by atoms with Crippen LogP contribution in [0.4, 0.5) is 0 Å². The van der Waals surface area contributed by atoms with E-state index in [1.807, 2.05) is 6.92 Å². The van der Waals surface area contributed by atoms with Crippen molar-refractivity contribution >= 4 is 10.0 Å². The van der Waals surface area contributed by atoms with Gasteiger partial charge in [-0.25, -0.2) is 8.42 Å². The van der Waals surface area contributed by atoms with Crippen LogP contribution in [-0.4, -0.2) is 25.8 Å². The van der Waals surface area contributed by atoms with Gasteiger partial charge in [0.05, 0.1) is 4.90 Å². The second-order valence-electron chi connectivity index (χ2n) is 4.28. The van der Waals surface area contributed by atoms with Gasteiger partial charge in [-0.15, -0.1) is 0 Å². The zero-order valence-electron chi connectivity index (χ0n) is 11.2. The van der Waals surface area contributed by atoms with E-state index in [4.69, 9.17) is 0 Å². The number of hydrogen-bond donors (Lipinski definition) is 0. The Balaban J connectivity index is 2.69. The minimum absolute atomic E-state index is 0.266. The van der Waals surface area contributed by atoms with E-state index in [1.165, 1.54) is 4.31 Å². The molecule has 0 fully saturated rings. The summed E-state index contributed by atoms with van der Waals surface area (Å²) in [5.74, 6) is 0. The molecule has 3 nitrogen and oxygen atoms in total. The van der Waals surface area contributed by atoms with Crippen molar-refractivity contribution in [1.29, 1.82) is 0 Å². The van der Waals surface area contributed by atoms with Gasteiger partial charge in [0.25, 0.3) is 0 Å². The molecular weight excluding hydrogens is 246 g/mol. The van der Waals surface area contributed by atoms with Crippen molar-refractivity contribution in [2.45, 2.75) is 44.4 Å². The molecule has 0 aromatic heterocycles. The molecule has 1 rings (SSSR count). The van der Waals surface area contributed by atoms with E-state index in [2.05, 4.69) is 13.0 Å². The van der Waals surface area contributed by atoms with Crippen LogP contribution in [0.5, 0.6) is 0 Å². The first-order valence-electron chi connectivity index (χ1n) is 6.59. The molecule has 0 aliphatic rings. The minimum atomic E-state index is -3.36. The number of benzene rings is 1. The summed E-state index contributed by atoms with van der Waals surface area (Å²) in [5, 5.41) is 0. The second kappa shape index (κ2) is 7.54. The van der Waals surface area contributed by atoms with Gasteiger partial charge in [-0.3, -0.25) is 0 Å². The molecule has 18 heavy (non-hydrogen) atoms. The summed E-state index contributed by atoms with van der Waals surface area (Å²) in [7, 11) is -3.36. The lowest BCUT2D eigenvalue weighted by Gasteiger charge is -2.20. The zero-order chi connectivity index (χ0) is 13.4. The van der Waals surface area contributed by atoms with Crippen LogP contribution in [0.25, 0.3) is 0 Å². The van der Waals surface area contributed by atoms with Crippen LogP contribution in [0.2, 0.25) is 0 Å². The second-order valence-corrected chi connectivity index (χ2v) is 6.19. The summed E-state index contributed by atoms with van der Waals surface area (Å²) < 4.78 is 26.2. The third kappa shape index (κ3) is 4.10. The molecule has 0 atom stereocenters. The smallest absolute Gasteiger partial charge is 0.207 e. The SMILES string of the molecule is CCCCCCN(CC)S(=O)(=O)c1[c]cccc1. The van der Waals surface area contributed by atoms with Gasteiger partial charge in [-0.2, -0.15) is 4.31 Å². The molecular formula is C14H22NO2S. The highest BCUT2D eigenvalue weighted by molar-refractivity contribution is 7.89. The van der Waals surface area contributed by atoms with Crippen molar-refractivity contribution in [3.8, 4) is 0 Å². The third-order valence-electron chi connectivity index (χ3n) is 2.91. The number of unbranched alkanes of at least 4 members (excludes halogenated alkanes) is 3. The largest absolute Gasteiger partial charge is 0.243 e. The fourth-order valence-corrected chi connectivity index (χ4v) is 3.29. The van der Waals surface area contributed by atoms with E-state index >= 15 is 0 Å². The van der Waals surface area contributed by atoms with Gasteiger partial charge in [-0.1, -0.05) is 51.3 Å². The Kier molecular flexibility index (Phi) is 6.36. The lowest BCUT2D eigenvalue weighted by Crippen LogP contribution is -2.31. The number of nitrogens with zero attached hydrogens (tertiary/aromatic N) is 1. The Morgan fingerprint density at radius 1 is 1.17 bits per heavy atom. The van der Waals surface area contributed by atoms with Crippen molar-refractivity contribution in [2.24, 2.45) is 0 Å². The standard InChI is InChI=1S/C14H22NO2S/c1-3-5-6-10-13-15(4-2)18(16,17)14-11-8-7-9-12-14/h7-9,11H,3-6,10,13H2,1-2H3. The Morgan fingerprint density at radius 2 is 1.94 bits per heavy atom. The maximum absolute atomic E-state index is 12.3. The molecule has 0 saturated carbocycles. The van der Waals surface area contributed by atoms with Gasteiger partial charge < -0.3 is 0 Å². The van der Waals surface area contributed by atoms with Crippen LogP contribution in [0.3, 0.4) is 0 Å². The first kappa shape index (κ1) is 15.2. The minimum Gasteiger partial charge on any atom is -0.207 e. The fraction of sp³-hybridized carbons (Fsp3) is 0.571. The maximum Gasteiger partial charge on any atom is 0.243 e. The zero-order valence-corrected chi connectivity index (χ0v) is 12.0. The molecule has 0 unspecified atom stereocenters. The van der Waals surface area contributed by atoms with Crippen molar-refractivity contribution in [3.63, 3.8) is 0 Å². The van der Waals surface area contributed by atoms with Gasteiger partial charge in [0.2, 0.25) is 10.0 Å². The van der Waals surface area contributed by atoms with Gasteiger partial charge >= 0.3 is 0 Å². The van der Waals surface area contributed by atoms with Crippen molar-refractivity contribution in [2.75, 3.05) is 13.1 Å². The summed E-state index contributed by atoms with van der Waals surface area (Å²) in [6.07, 6.45) is 4.33. The monoisotopic (exact) mass is 268 g/mol. The molecule has 0 aliphatic carbocycles. The van der Waals surface area contributed by atoms with Crippen molar-refractivity contribution in [1.82, 2.24) is 4.31 Å².